The molecular weight excluding hydrogens is 230 g/mol. The van der Waals surface area contributed by atoms with Gasteiger partial charge in [-0.25, -0.2) is 0 Å². The summed E-state index contributed by atoms with van der Waals surface area (Å²) in [6.07, 6.45) is 0.294. The van der Waals surface area contributed by atoms with Crippen LogP contribution in [0.5, 0.6) is 0 Å². The molecule has 0 radical (unpaired) electrons. The van der Waals surface area contributed by atoms with Crippen LogP contribution in [0, 0.1) is 6.92 Å². The van der Waals surface area contributed by atoms with Gasteiger partial charge in [-0.15, -0.1) is 0 Å². The molecule has 2 N–H and O–H groups in total. The number of amides is 1. The van der Waals surface area contributed by atoms with E-state index in [2.05, 4.69) is 5.32 Å². The first kappa shape index (κ1) is 14.2. The van der Waals surface area contributed by atoms with E-state index in [4.69, 9.17) is 5.11 Å². The molecule has 1 rings (SSSR count). The zero-order valence-corrected chi connectivity index (χ0v) is 10.9. The third-order valence-electron chi connectivity index (χ3n) is 2.96. The fourth-order valence-corrected chi connectivity index (χ4v) is 1.89. The van der Waals surface area contributed by atoms with Gasteiger partial charge in [0, 0.05) is 6.42 Å². The summed E-state index contributed by atoms with van der Waals surface area (Å²) in [6.45, 7) is 5.43. The average Bonchev–Trinajstić information content (AvgIpc) is 2.28. The fourth-order valence-electron chi connectivity index (χ4n) is 1.89. The van der Waals surface area contributed by atoms with Crippen LogP contribution >= 0.6 is 0 Å². The number of carboxylic acid groups (broad SMARTS) is 1. The van der Waals surface area contributed by atoms with E-state index >= 15 is 0 Å². The molecule has 0 heterocycles. The predicted molar refractivity (Wildman–Crippen MR) is 69.5 cm³/mol. The van der Waals surface area contributed by atoms with Crippen molar-refractivity contribution in [3.8, 4) is 0 Å². The Morgan fingerprint density at radius 1 is 1.28 bits per heavy atom. The van der Waals surface area contributed by atoms with Crippen molar-refractivity contribution in [1.29, 1.82) is 0 Å². The molecule has 0 aliphatic rings. The van der Waals surface area contributed by atoms with Crippen LogP contribution < -0.4 is 5.32 Å². The average molecular weight is 249 g/mol. The lowest BCUT2D eigenvalue weighted by Gasteiger charge is -2.15. The molecule has 98 valence electrons. The molecule has 0 bridgehead atoms. The van der Waals surface area contributed by atoms with Crippen molar-refractivity contribution in [2.75, 3.05) is 0 Å². The normalized spacial score (nSPS) is 13.7. The van der Waals surface area contributed by atoms with Crippen LogP contribution in [-0.4, -0.2) is 23.0 Å². The molecule has 4 nitrogen and oxygen atoms in total. The molecule has 0 spiro atoms. The number of aryl methyl sites for hydroxylation is 1. The quantitative estimate of drug-likeness (QED) is 0.839. The first-order chi connectivity index (χ1) is 8.41. The van der Waals surface area contributed by atoms with Gasteiger partial charge < -0.3 is 10.4 Å². The highest BCUT2D eigenvalue weighted by molar-refractivity contribution is 5.83. The molecule has 0 saturated carbocycles. The number of hydrogen-bond acceptors (Lipinski definition) is 2. The van der Waals surface area contributed by atoms with Gasteiger partial charge in [-0.2, -0.15) is 0 Å². The molecule has 0 saturated heterocycles. The first-order valence-electron chi connectivity index (χ1n) is 5.99. The van der Waals surface area contributed by atoms with Gasteiger partial charge in [0.15, 0.2) is 0 Å². The van der Waals surface area contributed by atoms with Crippen LogP contribution in [0.1, 0.15) is 37.3 Å². The number of carbonyl (C=O) groups is 2. The van der Waals surface area contributed by atoms with Crippen LogP contribution in [0.4, 0.5) is 0 Å². The van der Waals surface area contributed by atoms with Crippen molar-refractivity contribution < 1.29 is 14.7 Å². The molecule has 1 amide bonds. The van der Waals surface area contributed by atoms with E-state index in [1.165, 1.54) is 6.92 Å². The molecule has 0 aliphatic carbocycles. The van der Waals surface area contributed by atoms with E-state index in [1.807, 2.05) is 38.1 Å². The summed E-state index contributed by atoms with van der Waals surface area (Å²) in [5.41, 5.74) is 2.26. The van der Waals surface area contributed by atoms with Gasteiger partial charge in [0.2, 0.25) is 5.91 Å². The number of aliphatic carboxylic acids is 1. The maximum atomic E-state index is 11.7. The largest absolute Gasteiger partial charge is 0.480 e. The lowest BCUT2D eigenvalue weighted by Crippen LogP contribution is -2.38. The van der Waals surface area contributed by atoms with Crippen LogP contribution in [0.2, 0.25) is 0 Å². The Kier molecular flexibility index (Phi) is 4.89. The molecule has 0 fully saturated rings. The standard InChI is InChI=1S/C14H19NO3/c1-9-6-4-5-7-12(9)10(2)8-13(16)15-11(3)14(17)18/h4-7,10-11H,8H2,1-3H3,(H,15,16)(H,17,18)/t10?,11-/m0/s1. The summed E-state index contributed by atoms with van der Waals surface area (Å²) in [5.74, 6) is -1.18. The van der Waals surface area contributed by atoms with Crippen LogP contribution in [0.3, 0.4) is 0 Å². The monoisotopic (exact) mass is 249 g/mol. The van der Waals surface area contributed by atoms with Gasteiger partial charge in [-0.3, -0.25) is 9.59 Å². The molecule has 0 aromatic heterocycles. The van der Waals surface area contributed by atoms with Gasteiger partial charge in [-0.1, -0.05) is 31.2 Å². The summed E-state index contributed by atoms with van der Waals surface area (Å²) in [4.78, 5) is 22.3. The molecule has 1 unspecified atom stereocenters. The highest BCUT2D eigenvalue weighted by Crippen LogP contribution is 2.22. The SMILES string of the molecule is Cc1ccccc1C(C)CC(=O)N[C@@H](C)C(=O)O. The molecule has 4 heteroatoms. The summed E-state index contributed by atoms with van der Waals surface area (Å²) >= 11 is 0. The van der Waals surface area contributed by atoms with Gasteiger partial charge in [-0.05, 0) is 30.9 Å². The molecule has 0 aliphatic heterocycles. The fraction of sp³-hybridized carbons (Fsp3) is 0.429. The predicted octanol–water partition coefficient (Wildman–Crippen LogP) is 2.08. The summed E-state index contributed by atoms with van der Waals surface area (Å²) in [7, 11) is 0. The zero-order chi connectivity index (χ0) is 13.7. The lowest BCUT2D eigenvalue weighted by atomic mass is 9.93. The maximum absolute atomic E-state index is 11.7. The molecule has 1 aromatic rings. The van der Waals surface area contributed by atoms with E-state index in [0.717, 1.165) is 11.1 Å². The van der Waals surface area contributed by atoms with Crippen LogP contribution in [-0.2, 0) is 9.59 Å². The molecular formula is C14H19NO3. The van der Waals surface area contributed by atoms with Crippen molar-refractivity contribution in [2.24, 2.45) is 0 Å². The molecule has 1 aromatic carbocycles. The van der Waals surface area contributed by atoms with E-state index in [0.29, 0.717) is 6.42 Å². The van der Waals surface area contributed by atoms with Gasteiger partial charge >= 0.3 is 5.97 Å². The summed E-state index contributed by atoms with van der Waals surface area (Å²) < 4.78 is 0. The molecule has 18 heavy (non-hydrogen) atoms. The third-order valence-corrected chi connectivity index (χ3v) is 2.96. The Labute approximate surface area is 107 Å². The van der Waals surface area contributed by atoms with Crippen LogP contribution in [0.25, 0.3) is 0 Å². The Morgan fingerprint density at radius 3 is 2.44 bits per heavy atom. The number of benzene rings is 1. The van der Waals surface area contributed by atoms with E-state index in [9.17, 15) is 9.59 Å². The third kappa shape index (κ3) is 3.87. The second-order valence-electron chi connectivity index (χ2n) is 4.59. The number of nitrogens with one attached hydrogen (secondary N) is 1. The second-order valence-corrected chi connectivity index (χ2v) is 4.59. The highest BCUT2D eigenvalue weighted by atomic mass is 16.4. The number of carboxylic acids is 1. The van der Waals surface area contributed by atoms with Crippen molar-refractivity contribution in [1.82, 2.24) is 5.32 Å². The minimum Gasteiger partial charge on any atom is -0.480 e. The Hall–Kier alpha value is -1.84. The van der Waals surface area contributed by atoms with Crippen molar-refractivity contribution in [3.63, 3.8) is 0 Å². The maximum Gasteiger partial charge on any atom is 0.325 e. The van der Waals surface area contributed by atoms with Gasteiger partial charge in [0.05, 0.1) is 0 Å². The Bertz CT molecular complexity index is 442. The number of hydrogen-bond donors (Lipinski definition) is 2. The van der Waals surface area contributed by atoms with Gasteiger partial charge in [0.1, 0.15) is 6.04 Å². The van der Waals surface area contributed by atoms with Crippen LogP contribution in [0.15, 0.2) is 24.3 Å². The minimum absolute atomic E-state index is 0.0761. The van der Waals surface area contributed by atoms with E-state index < -0.39 is 12.0 Å². The van der Waals surface area contributed by atoms with Crippen molar-refractivity contribution >= 4 is 11.9 Å². The smallest absolute Gasteiger partial charge is 0.325 e. The Balaban J connectivity index is 2.60. The van der Waals surface area contributed by atoms with Gasteiger partial charge in [0.25, 0.3) is 0 Å². The number of rotatable bonds is 5. The minimum atomic E-state index is -1.02. The van der Waals surface area contributed by atoms with Crippen molar-refractivity contribution in [2.45, 2.75) is 39.2 Å². The molecule has 2 atom stereocenters. The Morgan fingerprint density at radius 2 is 1.89 bits per heavy atom. The zero-order valence-electron chi connectivity index (χ0n) is 10.9. The second kappa shape index (κ2) is 6.19. The summed E-state index contributed by atoms with van der Waals surface area (Å²) in [6, 6.07) is 7.05. The summed E-state index contributed by atoms with van der Waals surface area (Å²) in [5, 5.41) is 11.2. The van der Waals surface area contributed by atoms with E-state index in [1.54, 1.807) is 0 Å². The topological polar surface area (TPSA) is 66.4 Å². The first-order valence-corrected chi connectivity index (χ1v) is 5.99. The van der Waals surface area contributed by atoms with E-state index in [-0.39, 0.29) is 11.8 Å². The number of carbonyl (C=O) groups excluding carboxylic acids is 1. The van der Waals surface area contributed by atoms with Crippen molar-refractivity contribution in [3.05, 3.63) is 35.4 Å². The lowest BCUT2D eigenvalue weighted by molar-refractivity contribution is -0.141. The highest BCUT2D eigenvalue weighted by Gasteiger charge is 2.17.